The first kappa shape index (κ1) is 11.9. The van der Waals surface area contributed by atoms with Crippen LogP contribution in [0.5, 0.6) is 0 Å². The molecule has 0 fully saturated rings. The van der Waals surface area contributed by atoms with Gasteiger partial charge in [-0.25, -0.2) is 0 Å². The second-order valence-corrected chi connectivity index (χ2v) is 9.70. The molecule has 1 aromatic carbocycles. The van der Waals surface area contributed by atoms with Crippen LogP contribution in [-0.2, 0) is 6.16 Å². The van der Waals surface area contributed by atoms with Gasteiger partial charge in [0.05, 0.1) is 0 Å². The van der Waals surface area contributed by atoms with Crippen LogP contribution in [0.1, 0.15) is 5.56 Å². The summed E-state index contributed by atoms with van der Waals surface area (Å²) in [6, 6.07) is 10.8. The van der Waals surface area contributed by atoms with Crippen LogP contribution < -0.4 is 0 Å². The molecule has 0 amide bonds. The molecule has 0 N–H and O–H groups in total. The van der Waals surface area contributed by atoms with E-state index in [-0.39, 0.29) is 12.4 Å². The molecule has 12 heavy (non-hydrogen) atoms. The molecule has 0 saturated heterocycles. The van der Waals surface area contributed by atoms with Crippen LogP contribution in [0.3, 0.4) is 0 Å². The van der Waals surface area contributed by atoms with E-state index in [1.165, 1.54) is 11.7 Å². The number of halogens is 1. The molecule has 0 atom stereocenters. The van der Waals surface area contributed by atoms with Gasteiger partial charge in [0.1, 0.15) is 0 Å². The maximum absolute atomic E-state index is 2.40. The van der Waals surface area contributed by atoms with Gasteiger partial charge >= 0.3 is 69.3 Å². The Hall–Kier alpha value is -0.0600. The first-order valence-electron chi connectivity index (χ1n) is 4.12. The van der Waals surface area contributed by atoms with E-state index in [0.717, 1.165) is 0 Å². The van der Waals surface area contributed by atoms with Crippen molar-refractivity contribution in [3.05, 3.63) is 35.9 Å². The van der Waals surface area contributed by atoms with Crippen LogP contribution in [0.25, 0.3) is 0 Å². The van der Waals surface area contributed by atoms with E-state index in [1.54, 1.807) is 0 Å². The van der Waals surface area contributed by atoms with E-state index in [1.807, 2.05) is 0 Å². The molecule has 1 aromatic rings. The van der Waals surface area contributed by atoms with Crippen molar-refractivity contribution in [2.75, 3.05) is 20.0 Å². The minimum atomic E-state index is -0.898. The van der Waals surface area contributed by atoms with Crippen molar-refractivity contribution in [2.45, 2.75) is 6.16 Å². The molecule has 2 heteroatoms. The van der Waals surface area contributed by atoms with Crippen molar-refractivity contribution in [1.82, 2.24) is 0 Å². The molecule has 0 aromatic heterocycles. The molecule has 0 saturated carbocycles. The van der Waals surface area contributed by atoms with E-state index in [0.29, 0.717) is 0 Å². The Morgan fingerprint density at radius 3 is 1.92 bits per heavy atom. The molecule has 0 aliphatic rings. The van der Waals surface area contributed by atoms with Crippen molar-refractivity contribution >= 4 is 19.7 Å². The molecule has 0 nitrogen and oxygen atoms in total. The van der Waals surface area contributed by atoms with Gasteiger partial charge in [-0.1, -0.05) is 0 Å². The molecular weight excluding hydrogens is 187 g/mol. The van der Waals surface area contributed by atoms with Gasteiger partial charge in [0.25, 0.3) is 0 Å². The largest absolute Gasteiger partial charge is 0.147 e. The SMILES string of the molecule is C[PH](C)(C)Cc1ccccc1.Cl. The Bertz CT molecular complexity index is 213. The Morgan fingerprint density at radius 1 is 1.00 bits per heavy atom. The van der Waals surface area contributed by atoms with E-state index < -0.39 is 7.26 Å². The van der Waals surface area contributed by atoms with Gasteiger partial charge in [-0.3, -0.25) is 0 Å². The quantitative estimate of drug-likeness (QED) is 0.649. The third-order valence-electron chi connectivity index (χ3n) is 1.58. The Balaban J connectivity index is 0.00000121. The number of hydrogen-bond donors (Lipinski definition) is 0. The average Bonchev–Trinajstić information content (AvgIpc) is 1.85. The standard InChI is InChI=1S/C10H17P.ClH/c1-11(2,3)9-10-7-5-4-6-8-10;/h4-8,11H,9H2,1-3H3;1H. The molecule has 1 rings (SSSR count). The van der Waals surface area contributed by atoms with Crippen LogP contribution in [-0.4, -0.2) is 20.0 Å². The second kappa shape index (κ2) is 4.84. The summed E-state index contributed by atoms with van der Waals surface area (Å²) in [6.45, 7) is 7.21. The van der Waals surface area contributed by atoms with Crippen molar-refractivity contribution in [1.29, 1.82) is 0 Å². The summed E-state index contributed by atoms with van der Waals surface area (Å²) in [4.78, 5) is 0. The van der Waals surface area contributed by atoms with Gasteiger partial charge in [-0.15, -0.1) is 12.4 Å². The maximum Gasteiger partial charge on any atom is -0.147 e. The molecule has 0 aliphatic heterocycles. The van der Waals surface area contributed by atoms with Crippen molar-refractivity contribution < 1.29 is 0 Å². The van der Waals surface area contributed by atoms with Gasteiger partial charge in [0, 0.05) is 0 Å². The predicted molar refractivity (Wildman–Crippen MR) is 63.5 cm³/mol. The van der Waals surface area contributed by atoms with Gasteiger partial charge < -0.3 is 0 Å². The smallest absolute Gasteiger partial charge is 0.147 e. The van der Waals surface area contributed by atoms with Crippen molar-refractivity contribution in [3.63, 3.8) is 0 Å². The molecular formula is C10H18ClP. The summed E-state index contributed by atoms with van der Waals surface area (Å²) >= 11 is 0. The van der Waals surface area contributed by atoms with Crippen LogP contribution in [0, 0.1) is 0 Å². The number of hydrogen-bond acceptors (Lipinski definition) is 0. The molecule has 0 unspecified atom stereocenters. The van der Waals surface area contributed by atoms with Crippen LogP contribution in [0.2, 0.25) is 0 Å². The molecule has 0 heterocycles. The molecule has 0 bridgehead atoms. The van der Waals surface area contributed by atoms with E-state index in [9.17, 15) is 0 Å². The van der Waals surface area contributed by atoms with Gasteiger partial charge in [-0.2, -0.15) is 0 Å². The summed E-state index contributed by atoms with van der Waals surface area (Å²) in [5, 5.41) is 0. The van der Waals surface area contributed by atoms with Gasteiger partial charge in [0.2, 0.25) is 0 Å². The molecule has 0 radical (unpaired) electrons. The monoisotopic (exact) mass is 204 g/mol. The zero-order valence-corrected chi connectivity index (χ0v) is 9.82. The van der Waals surface area contributed by atoms with Gasteiger partial charge in [-0.05, 0) is 0 Å². The van der Waals surface area contributed by atoms with Crippen molar-refractivity contribution in [3.8, 4) is 0 Å². The predicted octanol–water partition coefficient (Wildman–Crippen LogP) is 3.25. The average molecular weight is 205 g/mol. The molecule has 0 aliphatic carbocycles. The Labute approximate surface area is 82.1 Å². The summed E-state index contributed by atoms with van der Waals surface area (Å²) < 4.78 is 0. The Kier molecular flexibility index (Phi) is 4.82. The van der Waals surface area contributed by atoms with E-state index >= 15 is 0 Å². The molecule has 70 valence electrons. The fourth-order valence-electron chi connectivity index (χ4n) is 1.21. The summed E-state index contributed by atoms with van der Waals surface area (Å²) in [7, 11) is -0.898. The third-order valence-corrected chi connectivity index (χ3v) is 3.05. The second-order valence-electron chi connectivity index (χ2n) is 4.22. The van der Waals surface area contributed by atoms with E-state index in [2.05, 4.69) is 50.3 Å². The maximum atomic E-state index is 2.40. The van der Waals surface area contributed by atoms with Crippen LogP contribution in [0.15, 0.2) is 30.3 Å². The van der Waals surface area contributed by atoms with E-state index in [4.69, 9.17) is 0 Å². The minimum absolute atomic E-state index is 0. The molecule has 0 spiro atoms. The first-order valence-corrected chi connectivity index (χ1v) is 7.82. The zero-order valence-electron chi connectivity index (χ0n) is 8.00. The van der Waals surface area contributed by atoms with Gasteiger partial charge in [0.15, 0.2) is 0 Å². The summed E-state index contributed by atoms with van der Waals surface area (Å²) in [6.07, 6.45) is 1.30. The fraction of sp³-hybridized carbons (Fsp3) is 0.400. The summed E-state index contributed by atoms with van der Waals surface area (Å²) in [5.74, 6) is 0. The zero-order chi connectivity index (χ0) is 8.32. The van der Waals surface area contributed by atoms with Crippen LogP contribution in [0.4, 0.5) is 0 Å². The minimum Gasteiger partial charge on any atom is -0.147 e. The number of benzene rings is 1. The first-order chi connectivity index (χ1) is 5.08. The Morgan fingerprint density at radius 2 is 1.50 bits per heavy atom. The van der Waals surface area contributed by atoms with Crippen LogP contribution >= 0.6 is 19.7 Å². The third kappa shape index (κ3) is 4.74. The fourth-order valence-corrected chi connectivity index (χ4v) is 2.67. The van der Waals surface area contributed by atoms with Crippen molar-refractivity contribution in [2.24, 2.45) is 0 Å². The normalized spacial score (nSPS) is 11.9. The summed E-state index contributed by atoms with van der Waals surface area (Å²) in [5.41, 5.74) is 1.49. The number of rotatable bonds is 2. The topological polar surface area (TPSA) is 0 Å².